The lowest BCUT2D eigenvalue weighted by molar-refractivity contribution is 0.0998. The summed E-state index contributed by atoms with van der Waals surface area (Å²) in [5.74, 6) is 0.130. The number of fused-ring (bicyclic) bond motifs is 3. The molecule has 130 valence electrons. The number of nitrogens with one attached hydrogen (secondary N) is 1. The number of para-hydroxylation sites is 1. The van der Waals surface area contributed by atoms with E-state index < -0.39 is 0 Å². The second-order valence-electron chi connectivity index (χ2n) is 6.42. The smallest absolute Gasteiger partial charge is 0.291 e. The Labute approximate surface area is 152 Å². The van der Waals surface area contributed by atoms with Gasteiger partial charge in [-0.25, -0.2) is 0 Å². The first-order valence-corrected chi connectivity index (χ1v) is 9.04. The summed E-state index contributed by atoms with van der Waals surface area (Å²) in [5.41, 5.74) is 3.92. The van der Waals surface area contributed by atoms with Crippen LogP contribution in [0, 0.1) is 0 Å². The molecule has 3 nitrogen and oxygen atoms in total. The van der Waals surface area contributed by atoms with Crippen molar-refractivity contribution in [3.8, 4) is 0 Å². The average molecular weight is 343 g/mol. The highest BCUT2D eigenvalue weighted by Crippen LogP contribution is 2.29. The SMILES string of the molecule is CCc1cccc(CC)c1NC(=O)c1cc2c(ccc3ccccc32)o1. The Bertz CT molecular complexity index is 1090. The van der Waals surface area contributed by atoms with Gasteiger partial charge in [0.2, 0.25) is 0 Å². The molecule has 3 aromatic carbocycles. The maximum Gasteiger partial charge on any atom is 0.291 e. The fourth-order valence-electron chi connectivity index (χ4n) is 3.48. The van der Waals surface area contributed by atoms with E-state index in [1.807, 2.05) is 36.4 Å². The molecule has 0 spiro atoms. The first kappa shape index (κ1) is 16.4. The minimum absolute atomic E-state index is 0.208. The van der Waals surface area contributed by atoms with Crippen LogP contribution in [0.5, 0.6) is 0 Å². The van der Waals surface area contributed by atoms with Gasteiger partial charge in [0.1, 0.15) is 5.58 Å². The Morgan fingerprint density at radius 3 is 2.35 bits per heavy atom. The van der Waals surface area contributed by atoms with Crippen molar-refractivity contribution in [3.63, 3.8) is 0 Å². The van der Waals surface area contributed by atoms with Crippen molar-refractivity contribution in [2.75, 3.05) is 5.32 Å². The largest absolute Gasteiger partial charge is 0.451 e. The first-order chi connectivity index (χ1) is 12.7. The summed E-state index contributed by atoms with van der Waals surface area (Å²) in [6, 6.07) is 20.1. The van der Waals surface area contributed by atoms with Crippen molar-refractivity contribution < 1.29 is 9.21 Å². The van der Waals surface area contributed by atoms with Crippen LogP contribution < -0.4 is 5.32 Å². The van der Waals surface area contributed by atoms with Gasteiger partial charge in [0.05, 0.1) is 0 Å². The molecule has 4 aromatic rings. The number of carbonyl (C=O) groups excluding carboxylic acids is 1. The van der Waals surface area contributed by atoms with Gasteiger partial charge >= 0.3 is 0 Å². The fraction of sp³-hybridized carbons (Fsp3) is 0.174. The number of furan rings is 1. The molecule has 0 aliphatic heterocycles. The van der Waals surface area contributed by atoms with Gasteiger partial charge in [0.25, 0.3) is 5.91 Å². The van der Waals surface area contributed by atoms with Gasteiger partial charge in [-0.2, -0.15) is 0 Å². The average Bonchev–Trinajstić information content (AvgIpc) is 3.13. The highest BCUT2D eigenvalue weighted by atomic mass is 16.3. The molecule has 4 rings (SSSR count). The highest BCUT2D eigenvalue weighted by molar-refractivity contribution is 6.11. The normalized spacial score (nSPS) is 11.2. The molecule has 0 bridgehead atoms. The van der Waals surface area contributed by atoms with Crippen LogP contribution in [-0.2, 0) is 12.8 Å². The Morgan fingerprint density at radius 1 is 0.885 bits per heavy atom. The predicted octanol–water partition coefficient (Wildman–Crippen LogP) is 5.96. The quantitative estimate of drug-likeness (QED) is 0.496. The van der Waals surface area contributed by atoms with Crippen molar-refractivity contribution in [1.29, 1.82) is 0 Å². The van der Waals surface area contributed by atoms with Crippen molar-refractivity contribution in [1.82, 2.24) is 0 Å². The van der Waals surface area contributed by atoms with Crippen LogP contribution in [0.15, 0.2) is 65.1 Å². The van der Waals surface area contributed by atoms with Crippen LogP contribution in [0.25, 0.3) is 21.7 Å². The van der Waals surface area contributed by atoms with Crippen molar-refractivity contribution >= 4 is 33.3 Å². The molecule has 0 saturated heterocycles. The second-order valence-corrected chi connectivity index (χ2v) is 6.42. The summed E-state index contributed by atoms with van der Waals surface area (Å²) in [5, 5.41) is 6.27. The number of rotatable bonds is 4. The fourth-order valence-corrected chi connectivity index (χ4v) is 3.48. The number of hydrogen-bond donors (Lipinski definition) is 1. The van der Waals surface area contributed by atoms with E-state index in [2.05, 4.69) is 43.4 Å². The van der Waals surface area contributed by atoms with Crippen LogP contribution in [0.3, 0.4) is 0 Å². The van der Waals surface area contributed by atoms with Crippen LogP contribution in [-0.4, -0.2) is 5.91 Å². The molecule has 1 N–H and O–H groups in total. The number of carbonyl (C=O) groups is 1. The van der Waals surface area contributed by atoms with Gasteiger partial charge in [-0.05, 0) is 46.9 Å². The maximum atomic E-state index is 12.9. The van der Waals surface area contributed by atoms with Gasteiger partial charge in [-0.1, -0.05) is 62.4 Å². The predicted molar refractivity (Wildman–Crippen MR) is 107 cm³/mol. The molecule has 0 fully saturated rings. The molecule has 0 saturated carbocycles. The third-order valence-electron chi connectivity index (χ3n) is 4.89. The summed E-state index contributed by atoms with van der Waals surface area (Å²) in [6.45, 7) is 4.19. The molecule has 1 heterocycles. The van der Waals surface area contributed by atoms with E-state index in [0.717, 1.165) is 51.4 Å². The van der Waals surface area contributed by atoms with Crippen molar-refractivity contribution in [3.05, 3.63) is 77.6 Å². The number of hydrogen-bond acceptors (Lipinski definition) is 2. The summed E-state index contributed by atoms with van der Waals surface area (Å²) in [6.07, 6.45) is 1.74. The Morgan fingerprint density at radius 2 is 1.62 bits per heavy atom. The summed E-state index contributed by atoms with van der Waals surface area (Å²) in [7, 11) is 0. The van der Waals surface area contributed by atoms with Gasteiger partial charge in [0, 0.05) is 11.1 Å². The Hall–Kier alpha value is -3.07. The minimum atomic E-state index is -0.208. The van der Waals surface area contributed by atoms with E-state index in [0.29, 0.717) is 5.76 Å². The molecular weight excluding hydrogens is 322 g/mol. The monoisotopic (exact) mass is 343 g/mol. The van der Waals surface area contributed by atoms with E-state index in [-0.39, 0.29) is 5.91 Å². The summed E-state index contributed by atoms with van der Waals surface area (Å²) in [4.78, 5) is 12.9. The number of amides is 1. The van der Waals surface area contributed by atoms with Crippen LogP contribution >= 0.6 is 0 Å². The zero-order chi connectivity index (χ0) is 18.1. The molecule has 0 atom stereocenters. The lowest BCUT2D eigenvalue weighted by Gasteiger charge is -2.13. The molecule has 0 aliphatic rings. The lowest BCUT2D eigenvalue weighted by Crippen LogP contribution is -2.14. The van der Waals surface area contributed by atoms with E-state index in [1.54, 1.807) is 0 Å². The zero-order valence-electron chi connectivity index (χ0n) is 15.0. The number of anilines is 1. The number of benzene rings is 3. The van der Waals surface area contributed by atoms with Gasteiger partial charge in [-0.15, -0.1) is 0 Å². The van der Waals surface area contributed by atoms with Gasteiger partial charge in [0.15, 0.2) is 5.76 Å². The third kappa shape index (κ3) is 2.76. The van der Waals surface area contributed by atoms with E-state index in [9.17, 15) is 4.79 Å². The maximum absolute atomic E-state index is 12.9. The van der Waals surface area contributed by atoms with E-state index in [1.165, 1.54) is 0 Å². The number of aryl methyl sites for hydroxylation is 2. The summed E-state index contributed by atoms with van der Waals surface area (Å²) >= 11 is 0. The van der Waals surface area contributed by atoms with Gasteiger partial charge in [-0.3, -0.25) is 4.79 Å². The first-order valence-electron chi connectivity index (χ1n) is 9.04. The highest BCUT2D eigenvalue weighted by Gasteiger charge is 2.16. The molecule has 1 aromatic heterocycles. The molecule has 26 heavy (non-hydrogen) atoms. The molecule has 0 unspecified atom stereocenters. The summed E-state index contributed by atoms with van der Waals surface area (Å²) < 4.78 is 5.85. The Balaban J connectivity index is 1.75. The van der Waals surface area contributed by atoms with Crippen molar-refractivity contribution in [2.24, 2.45) is 0 Å². The van der Waals surface area contributed by atoms with Crippen molar-refractivity contribution in [2.45, 2.75) is 26.7 Å². The van der Waals surface area contributed by atoms with Crippen LogP contribution in [0.1, 0.15) is 35.5 Å². The molecule has 0 aliphatic carbocycles. The molecule has 1 amide bonds. The second kappa shape index (κ2) is 6.68. The van der Waals surface area contributed by atoms with E-state index >= 15 is 0 Å². The Kier molecular flexibility index (Phi) is 4.21. The molecular formula is C23H21NO2. The standard InChI is InChI=1S/C23H21NO2/c1-3-15-9-7-10-16(4-2)22(15)24-23(25)21-14-19-18-11-6-5-8-17(18)12-13-20(19)26-21/h5-14H,3-4H2,1-2H3,(H,24,25). The van der Waals surface area contributed by atoms with E-state index in [4.69, 9.17) is 4.42 Å². The van der Waals surface area contributed by atoms with Crippen LogP contribution in [0.2, 0.25) is 0 Å². The lowest BCUT2D eigenvalue weighted by atomic mass is 10.0. The zero-order valence-corrected chi connectivity index (χ0v) is 15.0. The molecule has 0 radical (unpaired) electrons. The van der Waals surface area contributed by atoms with Gasteiger partial charge < -0.3 is 9.73 Å². The third-order valence-corrected chi connectivity index (χ3v) is 4.89. The molecule has 3 heteroatoms. The topological polar surface area (TPSA) is 42.2 Å². The van der Waals surface area contributed by atoms with Crippen LogP contribution in [0.4, 0.5) is 5.69 Å². The minimum Gasteiger partial charge on any atom is -0.451 e.